The summed E-state index contributed by atoms with van der Waals surface area (Å²) in [5.41, 5.74) is 3.59. The lowest BCUT2D eigenvalue weighted by Crippen LogP contribution is -2.24. The van der Waals surface area contributed by atoms with Gasteiger partial charge in [0.05, 0.1) is 17.5 Å². The van der Waals surface area contributed by atoms with Crippen molar-refractivity contribution in [3.8, 4) is 23.0 Å². The predicted octanol–water partition coefficient (Wildman–Crippen LogP) is 5.29. The summed E-state index contributed by atoms with van der Waals surface area (Å²) < 4.78 is 18.3. The summed E-state index contributed by atoms with van der Waals surface area (Å²) >= 11 is 0. The third kappa shape index (κ3) is 4.39. The van der Waals surface area contributed by atoms with Crippen molar-refractivity contribution in [2.45, 2.75) is 13.0 Å². The van der Waals surface area contributed by atoms with Crippen molar-refractivity contribution in [1.82, 2.24) is 10.3 Å². The van der Waals surface area contributed by atoms with Gasteiger partial charge in [0.1, 0.15) is 18.1 Å². The summed E-state index contributed by atoms with van der Waals surface area (Å²) in [6.07, 6.45) is 2.48. The number of benzene rings is 3. The first kappa shape index (κ1) is 20.6. The second-order valence-electron chi connectivity index (χ2n) is 7.59. The number of amides is 2. The Hall–Kier alpha value is -4.26. The molecule has 0 saturated heterocycles. The number of hydrogen-bond acceptors (Lipinski definition) is 5. The Morgan fingerprint density at radius 2 is 1.88 bits per heavy atom. The smallest absolute Gasteiger partial charge is 0.318 e. The highest BCUT2D eigenvalue weighted by Crippen LogP contribution is 2.44. The van der Waals surface area contributed by atoms with Gasteiger partial charge in [0, 0.05) is 37.0 Å². The van der Waals surface area contributed by atoms with E-state index in [9.17, 15) is 4.79 Å². The quantitative estimate of drug-likeness (QED) is 0.425. The first-order chi connectivity index (χ1) is 16.2. The number of hydrogen-bond donors (Lipinski definition) is 2. The van der Waals surface area contributed by atoms with Gasteiger partial charge in [-0.15, -0.1) is 0 Å². The van der Waals surface area contributed by atoms with Gasteiger partial charge in [0.15, 0.2) is 11.5 Å². The molecule has 0 atom stereocenters. The molecule has 0 unspecified atom stereocenters. The molecule has 3 aromatic carbocycles. The molecule has 0 radical (unpaired) electrons. The molecule has 1 aliphatic rings. The molecule has 7 heteroatoms. The Balaban J connectivity index is 1.44. The number of carbonyl (C=O) groups is 1. The molecule has 2 amide bonds. The molecule has 5 rings (SSSR count). The lowest BCUT2D eigenvalue weighted by molar-refractivity contribution is 0.254. The zero-order chi connectivity index (χ0) is 22.6. The molecule has 0 fully saturated rings. The number of nitrogens with zero attached hydrogens (tertiary/aromatic N) is 1. The fraction of sp³-hybridized carbons (Fsp3) is 0.154. The predicted molar refractivity (Wildman–Crippen MR) is 126 cm³/mol. The van der Waals surface area contributed by atoms with Crippen molar-refractivity contribution >= 4 is 22.6 Å². The van der Waals surface area contributed by atoms with Crippen molar-refractivity contribution in [3.05, 3.63) is 84.1 Å². The van der Waals surface area contributed by atoms with E-state index in [2.05, 4.69) is 15.6 Å². The number of urea groups is 1. The van der Waals surface area contributed by atoms with Crippen molar-refractivity contribution in [1.29, 1.82) is 0 Å². The van der Waals surface area contributed by atoms with Crippen LogP contribution < -0.4 is 24.8 Å². The molecule has 1 aliphatic heterocycles. The lowest BCUT2D eigenvalue weighted by Gasteiger charge is -2.15. The maximum atomic E-state index is 11.5. The second-order valence-corrected chi connectivity index (χ2v) is 7.59. The van der Waals surface area contributed by atoms with E-state index in [1.54, 1.807) is 25.4 Å². The van der Waals surface area contributed by atoms with E-state index >= 15 is 0 Å². The molecule has 33 heavy (non-hydrogen) atoms. The van der Waals surface area contributed by atoms with Crippen LogP contribution in [0.3, 0.4) is 0 Å². The van der Waals surface area contributed by atoms with Crippen LogP contribution >= 0.6 is 0 Å². The van der Waals surface area contributed by atoms with Crippen LogP contribution in [-0.2, 0) is 13.0 Å². The minimum atomic E-state index is -0.273. The maximum Gasteiger partial charge on any atom is 0.318 e. The number of anilines is 1. The van der Waals surface area contributed by atoms with Crippen LogP contribution in [0.2, 0.25) is 0 Å². The summed E-state index contributed by atoms with van der Waals surface area (Å²) in [5, 5.41) is 6.18. The number of fused-ring (bicyclic) bond motifs is 3. The number of nitrogens with one attached hydrogen (secondary N) is 2. The first-order valence-electron chi connectivity index (χ1n) is 10.7. The van der Waals surface area contributed by atoms with Crippen molar-refractivity contribution in [2.24, 2.45) is 0 Å². The van der Waals surface area contributed by atoms with Gasteiger partial charge in [-0.1, -0.05) is 30.3 Å². The number of ether oxygens (including phenoxy) is 3. The number of aromatic nitrogens is 1. The van der Waals surface area contributed by atoms with Gasteiger partial charge in [-0.05, 0) is 35.9 Å². The van der Waals surface area contributed by atoms with Gasteiger partial charge in [-0.25, -0.2) is 4.79 Å². The van der Waals surface area contributed by atoms with Crippen molar-refractivity contribution in [2.75, 3.05) is 19.0 Å². The normalized spacial score (nSPS) is 12.0. The summed E-state index contributed by atoms with van der Waals surface area (Å²) in [7, 11) is 1.57. The van der Waals surface area contributed by atoms with Crippen LogP contribution in [-0.4, -0.2) is 24.7 Å². The second kappa shape index (κ2) is 9.08. The van der Waals surface area contributed by atoms with E-state index in [1.165, 1.54) is 0 Å². The van der Waals surface area contributed by atoms with Crippen LogP contribution in [0.4, 0.5) is 10.5 Å². The van der Waals surface area contributed by atoms with E-state index in [-0.39, 0.29) is 6.03 Å². The fourth-order valence-corrected chi connectivity index (χ4v) is 3.83. The minimum absolute atomic E-state index is 0.273. The fourth-order valence-electron chi connectivity index (χ4n) is 3.83. The third-order valence-electron chi connectivity index (χ3n) is 5.41. The summed E-state index contributed by atoms with van der Waals surface area (Å²) in [6.45, 7) is 1.04. The largest absolute Gasteiger partial charge is 0.489 e. The van der Waals surface area contributed by atoms with E-state index in [1.807, 2.05) is 54.6 Å². The number of pyridine rings is 1. The summed E-state index contributed by atoms with van der Waals surface area (Å²) in [4.78, 5) is 16.0. The highest BCUT2D eigenvalue weighted by atomic mass is 16.5. The zero-order valence-corrected chi connectivity index (χ0v) is 18.1. The number of rotatable bonds is 6. The molecule has 7 nitrogen and oxygen atoms in total. The third-order valence-corrected chi connectivity index (χ3v) is 5.41. The Labute approximate surface area is 191 Å². The van der Waals surface area contributed by atoms with Crippen LogP contribution in [0.1, 0.15) is 11.1 Å². The average Bonchev–Trinajstić information content (AvgIpc) is 3.34. The Kier molecular flexibility index (Phi) is 5.68. The molecular weight excluding hydrogens is 418 g/mol. The number of carbonyl (C=O) groups excluding carboxylic acids is 1. The first-order valence-corrected chi connectivity index (χ1v) is 10.7. The molecule has 2 heterocycles. The molecule has 4 aromatic rings. The molecule has 1 aromatic heterocycles. The van der Waals surface area contributed by atoms with Gasteiger partial charge in [0.2, 0.25) is 0 Å². The van der Waals surface area contributed by atoms with E-state index < -0.39 is 0 Å². The van der Waals surface area contributed by atoms with E-state index in [4.69, 9.17) is 14.2 Å². The average molecular weight is 441 g/mol. The zero-order valence-electron chi connectivity index (χ0n) is 18.1. The lowest BCUT2D eigenvalue weighted by atomic mass is 10.0. The van der Waals surface area contributed by atoms with Gasteiger partial charge in [-0.3, -0.25) is 4.98 Å². The van der Waals surface area contributed by atoms with Crippen LogP contribution in [0.15, 0.2) is 72.9 Å². The molecule has 0 aliphatic carbocycles. The summed E-state index contributed by atoms with van der Waals surface area (Å²) in [6, 6.07) is 20.7. The molecule has 2 N–H and O–H groups in total. The van der Waals surface area contributed by atoms with Crippen LogP contribution in [0.5, 0.6) is 23.0 Å². The minimum Gasteiger partial charge on any atom is -0.489 e. The van der Waals surface area contributed by atoms with Crippen molar-refractivity contribution in [3.63, 3.8) is 0 Å². The monoisotopic (exact) mass is 441 g/mol. The standard InChI is InChI=1S/C26H23N3O4/c1-27-26(30)29-18-7-9-19(10-8-18)33-22-11-13-28-21-15-23(25-20(24(21)22)12-14-31-25)32-16-17-5-3-2-4-6-17/h2-11,13,15H,12,14,16H2,1H3,(H2,27,29,30). The van der Waals surface area contributed by atoms with E-state index in [0.717, 1.165) is 34.2 Å². The molecule has 0 bridgehead atoms. The molecule has 0 saturated carbocycles. The molecule has 166 valence electrons. The SMILES string of the molecule is CNC(=O)Nc1ccc(Oc2ccnc3cc(OCc4ccccc4)c4c(c23)CCO4)cc1. The molecular formula is C26H23N3O4. The highest BCUT2D eigenvalue weighted by Gasteiger charge is 2.24. The maximum absolute atomic E-state index is 11.5. The molecule has 0 spiro atoms. The van der Waals surface area contributed by atoms with Gasteiger partial charge in [-0.2, -0.15) is 0 Å². The highest BCUT2D eigenvalue weighted by molar-refractivity contribution is 5.93. The van der Waals surface area contributed by atoms with Gasteiger partial charge >= 0.3 is 6.03 Å². The van der Waals surface area contributed by atoms with Crippen LogP contribution in [0.25, 0.3) is 10.9 Å². The van der Waals surface area contributed by atoms with Crippen LogP contribution in [0, 0.1) is 0 Å². The van der Waals surface area contributed by atoms with Crippen molar-refractivity contribution < 1.29 is 19.0 Å². The van der Waals surface area contributed by atoms with Gasteiger partial charge < -0.3 is 24.8 Å². The Morgan fingerprint density at radius 3 is 2.67 bits per heavy atom. The Morgan fingerprint density at radius 1 is 1.06 bits per heavy atom. The van der Waals surface area contributed by atoms with E-state index in [0.29, 0.717) is 36.1 Å². The summed E-state index contributed by atoms with van der Waals surface area (Å²) in [5.74, 6) is 2.79. The van der Waals surface area contributed by atoms with Gasteiger partial charge in [0.25, 0.3) is 0 Å². The Bertz CT molecular complexity index is 1290. The topological polar surface area (TPSA) is 81.7 Å².